The molecule has 0 aliphatic rings. The number of methoxy groups -OCH3 is 1. The molecule has 2 aromatic heterocycles. The smallest absolute Gasteiger partial charge is 0.337 e. The Kier molecular flexibility index (Phi) is 6.55. The summed E-state index contributed by atoms with van der Waals surface area (Å²) in [6, 6.07) is 4.44. The molecule has 0 radical (unpaired) electrons. The quantitative estimate of drug-likeness (QED) is 0.304. The van der Waals surface area contributed by atoms with E-state index in [0.29, 0.717) is 35.0 Å². The van der Waals surface area contributed by atoms with Gasteiger partial charge in [-0.25, -0.2) is 9.48 Å². The molecule has 0 atom stereocenters. The van der Waals surface area contributed by atoms with Gasteiger partial charge in [-0.1, -0.05) is 19.6 Å². The van der Waals surface area contributed by atoms with E-state index in [2.05, 4.69) is 29.7 Å². The number of ether oxygens (including phenoxy) is 3. The van der Waals surface area contributed by atoms with Gasteiger partial charge in [0, 0.05) is 27.4 Å². The summed E-state index contributed by atoms with van der Waals surface area (Å²) >= 11 is 0. The first kappa shape index (κ1) is 20.1. The summed E-state index contributed by atoms with van der Waals surface area (Å²) < 4.78 is 17.8. The zero-order valence-corrected chi connectivity index (χ0v) is 17.3. The van der Waals surface area contributed by atoms with Crippen molar-refractivity contribution in [3.63, 3.8) is 0 Å². The van der Waals surface area contributed by atoms with Crippen LogP contribution in [0.5, 0.6) is 5.88 Å². The van der Waals surface area contributed by atoms with Crippen molar-refractivity contribution in [1.29, 1.82) is 0 Å². The van der Waals surface area contributed by atoms with Crippen molar-refractivity contribution in [2.24, 2.45) is 7.05 Å². The normalized spacial score (nSPS) is 11.5. The van der Waals surface area contributed by atoms with Gasteiger partial charge in [-0.05, 0) is 25.1 Å². The van der Waals surface area contributed by atoms with Crippen LogP contribution in [0.25, 0.3) is 11.3 Å². The molecule has 142 valence electrons. The van der Waals surface area contributed by atoms with Crippen LogP contribution >= 0.6 is 0 Å². The van der Waals surface area contributed by atoms with Gasteiger partial charge in [0.1, 0.15) is 0 Å². The van der Waals surface area contributed by atoms with E-state index in [4.69, 9.17) is 14.2 Å². The van der Waals surface area contributed by atoms with E-state index >= 15 is 0 Å². The molecule has 0 spiro atoms. The molecule has 26 heavy (non-hydrogen) atoms. The maximum Gasteiger partial charge on any atom is 0.337 e. The number of aromatic nitrogens is 3. The van der Waals surface area contributed by atoms with Crippen LogP contribution in [0, 0.1) is 6.92 Å². The number of hydrogen-bond donors (Lipinski definition) is 0. The molecule has 7 nitrogen and oxygen atoms in total. The fourth-order valence-corrected chi connectivity index (χ4v) is 3.11. The van der Waals surface area contributed by atoms with Crippen LogP contribution in [0.4, 0.5) is 0 Å². The monoisotopic (exact) mass is 377 g/mol. The van der Waals surface area contributed by atoms with Crippen LogP contribution in [0.3, 0.4) is 0 Å². The van der Waals surface area contributed by atoms with Gasteiger partial charge in [-0.3, -0.25) is 4.98 Å². The van der Waals surface area contributed by atoms with Crippen molar-refractivity contribution in [2.45, 2.75) is 32.6 Å². The van der Waals surface area contributed by atoms with Gasteiger partial charge in [0.05, 0.1) is 30.1 Å². The van der Waals surface area contributed by atoms with Crippen molar-refractivity contribution >= 4 is 14.0 Å². The summed E-state index contributed by atoms with van der Waals surface area (Å²) in [6.45, 7) is 9.56. The topological polar surface area (TPSA) is 75.5 Å². The van der Waals surface area contributed by atoms with E-state index in [1.807, 2.05) is 6.92 Å². The summed E-state index contributed by atoms with van der Waals surface area (Å²) in [7, 11) is 2.02. The van der Waals surface area contributed by atoms with Crippen LogP contribution in [-0.2, 0) is 16.5 Å². The maximum atomic E-state index is 11.8. The maximum absolute atomic E-state index is 11.8. The molecule has 0 saturated heterocycles. The first-order valence-electron chi connectivity index (χ1n) is 8.51. The lowest BCUT2D eigenvalue weighted by molar-refractivity contribution is 0.0172. The third kappa shape index (κ3) is 5.40. The molecule has 0 unspecified atom stereocenters. The van der Waals surface area contributed by atoms with Crippen molar-refractivity contribution < 1.29 is 19.0 Å². The zero-order valence-electron chi connectivity index (χ0n) is 16.3. The van der Waals surface area contributed by atoms with Crippen LogP contribution in [0.2, 0.25) is 25.7 Å². The molecule has 0 amide bonds. The van der Waals surface area contributed by atoms with E-state index in [-0.39, 0.29) is 6.79 Å². The highest BCUT2D eigenvalue weighted by Crippen LogP contribution is 2.29. The zero-order chi connectivity index (χ0) is 19.3. The minimum absolute atomic E-state index is 0.146. The van der Waals surface area contributed by atoms with Crippen LogP contribution in [-0.4, -0.2) is 49.3 Å². The second-order valence-corrected chi connectivity index (χ2v) is 13.0. The minimum Gasteiger partial charge on any atom is -0.465 e. The highest BCUT2D eigenvalue weighted by molar-refractivity contribution is 6.76. The van der Waals surface area contributed by atoms with E-state index < -0.39 is 14.0 Å². The Morgan fingerprint density at radius 3 is 2.65 bits per heavy atom. The Morgan fingerprint density at radius 1 is 1.27 bits per heavy atom. The molecule has 0 saturated carbocycles. The Hall–Kier alpha value is -2.19. The Balaban J connectivity index is 2.14. The lowest BCUT2D eigenvalue weighted by Crippen LogP contribution is -2.22. The molecule has 0 aromatic carbocycles. The molecular weight excluding hydrogens is 350 g/mol. The summed E-state index contributed by atoms with van der Waals surface area (Å²) in [5.74, 6) is 0.143. The lowest BCUT2D eigenvalue weighted by Gasteiger charge is -2.15. The Bertz CT molecular complexity index is 768. The number of pyridine rings is 1. The van der Waals surface area contributed by atoms with Gasteiger partial charge < -0.3 is 14.2 Å². The second kappa shape index (κ2) is 8.46. The molecular formula is C18H27N3O4Si. The van der Waals surface area contributed by atoms with E-state index in [9.17, 15) is 4.79 Å². The van der Waals surface area contributed by atoms with Crippen molar-refractivity contribution in [2.75, 3.05) is 20.5 Å². The van der Waals surface area contributed by atoms with E-state index in [1.165, 1.54) is 7.11 Å². The summed E-state index contributed by atoms with van der Waals surface area (Å²) in [5, 5.41) is 4.24. The average molecular weight is 378 g/mol. The second-order valence-electron chi connectivity index (χ2n) is 7.34. The predicted molar refractivity (Wildman–Crippen MR) is 102 cm³/mol. The predicted octanol–water partition coefficient (Wildman–Crippen LogP) is 3.27. The van der Waals surface area contributed by atoms with Gasteiger partial charge in [0.25, 0.3) is 0 Å². The van der Waals surface area contributed by atoms with E-state index in [1.54, 1.807) is 30.1 Å². The van der Waals surface area contributed by atoms with Gasteiger partial charge in [0.2, 0.25) is 5.88 Å². The number of aryl methyl sites for hydroxylation is 2. The standard InChI is InChI=1S/C18H27N3O4Si/c1-13-9-14(18(22)23-3)10-16(20-13)15-11-19-21(2)17(15)25-12-24-7-8-26(4,5)6/h9-11H,7-8,12H2,1-6H3. The minimum atomic E-state index is -1.13. The third-order valence-electron chi connectivity index (χ3n) is 3.81. The van der Waals surface area contributed by atoms with Gasteiger partial charge in [-0.2, -0.15) is 5.10 Å². The van der Waals surface area contributed by atoms with Crippen molar-refractivity contribution in [3.8, 4) is 17.1 Å². The molecule has 0 aliphatic carbocycles. The first-order valence-corrected chi connectivity index (χ1v) is 12.2. The average Bonchev–Trinajstić information content (AvgIpc) is 2.93. The SMILES string of the molecule is COC(=O)c1cc(C)nc(-c2cnn(C)c2OCOCC[Si](C)(C)C)c1. The molecule has 0 bridgehead atoms. The number of hydrogen-bond acceptors (Lipinski definition) is 6. The van der Waals surface area contributed by atoms with Crippen LogP contribution in [0.15, 0.2) is 18.3 Å². The van der Waals surface area contributed by atoms with Gasteiger partial charge in [-0.15, -0.1) is 0 Å². The number of rotatable bonds is 8. The largest absolute Gasteiger partial charge is 0.465 e. The summed E-state index contributed by atoms with van der Waals surface area (Å²) in [5.41, 5.74) is 2.46. The third-order valence-corrected chi connectivity index (χ3v) is 5.51. The molecule has 2 heterocycles. The number of esters is 1. The summed E-state index contributed by atoms with van der Waals surface area (Å²) in [4.78, 5) is 16.3. The molecule has 2 rings (SSSR count). The number of nitrogens with zero attached hydrogens (tertiary/aromatic N) is 3. The summed E-state index contributed by atoms with van der Waals surface area (Å²) in [6.07, 6.45) is 1.67. The molecule has 0 N–H and O–H groups in total. The Labute approximate surface area is 155 Å². The highest BCUT2D eigenvalue weighted by Gasteiger charge is 2.17. The molecule has 2 aromatic rings. The Morgan fingerprint density at radius 2 is 2.00 bits per heavy atom. The van der Waals surface area contributed by atoms with E-state index in [0.717, 1.165) is 6.04 Å². The molecule has 0 fully saturated rings. The van der Waals surface area contributed by atoms with Gasteiger partial charge in [0.15, 0.2) is 6.79 Å². The molecule has 0 aliphatic heterocycles. The van der Waals surface area contributed by atoms with Crippen LogP contribution in [0.1, 0.15) is 16.1 Å². The fraction of sp³-hybridized carbons (Fsp3) is 0.500. The van der Waals surface area contributed by atoms with Crippen molar-refractivity contribution in [1.82, 2.24) is 14.8 Å². The van der Waals surface area contributed by atoms with Crippen LogP contribution < -0.4 is 4.74 Å². The van der Waals surface area contributed by atoms with Crippen molar-refractivity contribution in [3.05, 3.63) is 29.6 Å². The fourth-order valence-electron chi connectivity index (χ4n) is 2.35. The van der Waals surface area contributed by atoms with Gasteiger partial charge >= 0.3 is 5.97 Å². The number of carbonyl (C=O) groups excluding carboxylic acids is 1. The first-order chi connectivity index (χ1) is 12.2. The molecule has 8 heteroatoms. The highest BCUT2D eigenvalue weighted by atomic mass is 28.3. The lowest BCUT2D eigenvalue weighted by atomic mass is 10.1. The number of carbonyl (C=O) groups is 1.